The maximum atomic E-state index is 13.0. The van der Waals surface area contributed by atoms with Crippen LogP contribution in [0.5, 0.6) is 5.75 Å². The minimum Gasteiger partial charge on any atom is -0.496 e. The molecule has 2 aromatic heterocycles. The minimum absolute atomic E-state index is 0.0838. The third-order valence-corrected chi connectivity index (χ3v) is 7.06. The van der Waals surface area contributed by atoms with Gasteiger partial charge in [0.25, 0.3) is 5.91 Å². The van der Waals surface area contributed by atoms with E-state index in [1.807, 2.05) is 36.2 Å². The van der Waals surface area contributed by atoms with Crippen molar-refractivity contribution in [3.8, 4) is 16.9 Å². The molecule has 10 heteroatoms. The lowest BCUT2D eigenvalue weighted by Crippen LogP contribution is -2.35. The first-order chi connectivity index (χ1) is 18.9. The summed E-state index contributed by atoms with van der Waals surface area (Å²) in [7, 11) is 7.00. The Morgan fingerprint density at radius 2 is 2.00 bits per heavy atom. The van der Waals surface area contributed by atoms with E-state index < -0.39 is 0 Å². The highest BCUT2D eigenvalue weighted by atomic mass is 16.5. The fourth-order valence-corrected chi connectivity index (χ4v) is 4.96. The molecule has 5 rings (SSSR count). The molecule has 0 aliphatic carbocycles. The third-order valence-electron chi connectivity index (χ3n) is 7.06. The lowest BCUT2D eigenvalue weighted by molar-refractivity contribution is -0.131. The van der Waals surface area contributed by atoms with Gasteiger partial charge in [-0.1, -0.05) is 11.3 Å². The molecule has 2 amide bonds. The lowest BCUT2D eigenvalue weighted by atomic mass is 9.93. The summed E-state index contributed by atoms with van der Waals surface area (Å²) in [6, 6.07) is 12.1. The van der Waals surface area contributed by atoms with Crippen molar-refractivity contribution in [2.75, 3.05) is 46.7 Å². The zero-order chi connectivity index (χ0) is 27.5. The maximum Gasteiger partial charge on any atom is 0.269 e. The van der Waals surface area contributed by atoms with E-state index in [1.165, 1.54) is 0 Å². The zero-order valence-corrected chi connectivity index (χ0v) is 22.7. The number of nitrogens with one attached hydrogen (secondary N) is 2. The van der Waals surface area contributed by atoms with Crippen molar-refractivity contribution in [3.05, 3.63) is 66.1 Å². The summed E-state index contributed by atoms with van der Waals surface area (Å²) < 4.78 is 7.44. The van der Waals surface area contributed by atoms with Crippen molar-refractivity contribution < 1.29 is 14.3 Å². The number of rotatable bonds is 8. The standard InChI is InChI=1S/C29H33N7O3/c1-30-21-7-8-22(27(16-21)39-4)23-14-20(15-25-24(23)17-26(32-25)29(38)34(2)3)19-6-5-11-35(18-19)28(37)9-12-36-13-10-31-33-36/h6-8,10,13-17,30,32H,5,9,11-12,18H2,1-4H3. The van der Waals surface area contributed by atoms with Crippen molar-refractivity contribution in [3.63, 3.8) is 0 Å². The predicted molar refractivity (Wildman–Crippen MR) is 152 cm³/mol. The van der Waals surface area contributed by atoms with Gasteiger partial charge in [-0.15, -0.1) is 5.10 Å². The fraction of sp³-hybridized carbons (Fsp3) is 0.310. The fourth-order valence-electron chi connectivity index (χ4n) is 4.96. The summed E-state index contributed by atoms with van der Waals surface area (Å²) in [4.78, 5) is 32.6. The number of benzene rings is 2. The second-order valence-electron chi connectivity index (χ2n) is 9.78. The molecule has 10 nitrogen and oxygen atoms in total. The molecule has 0 fully saturated rings. The number of nitrogens with zero attached hydrogens (tertiary/aromatic N) is 5. The van der Waals surface area contributed by atoms with Gasteiger partial charge >= 0.3 is 0 Å². The molecule has 0 spiro atoms. The summed E-state index contributed by atoms with van der Waals surface area (Å²) in [5.74, 6) is 0.710. The molecule has 4 aromatic rings. The van der Waals surface area contributed by atoms with E-state index in [-0.39, 0.29) is 11.8 Å². The third kappa shape index (κ3) is 5.36. The minimum atomic E-state index is -0.0998. The first-order valence-corrected chi connectivity index (χ1v) is 12.9. The predicted octanol–water partition coefficient (Wildman–Crippen LogP) is 3.88. The van der Waals surface area contributed by atoms with E-state index in [0.29, 0.717) is 31.7 Å². The largest absolute Gasteiger partial charge is 0.496 e. The lowest BCUT2D eigenvalue weighted by Gasteiger charge is -2.28. The van der Waals surface area contributed by atoms with Crippen LogP contribution in [0, 0.1) is 0 Å². The Morgan fingerprint density at radius 1 is 1.15 bits per heavy atom. The average Bonchev–Trinajstić information content (AvgIpc) is 3.64. The number of amides is 2. The second-order valence-corrected chi connectivity index (χ2v) is 9.78. The first-order valence-electron chi connectivity index (χ1n) is 12.9. The molecule has 0 radical (unpaired) electrons. The number of fused-ring (bicyclic) bond motifs is 1. The van der Waals surface area contributed by atoms with Crippen LogP contribution in [0.1, 0.15) is 28.9 Å². The van der Waals surface area contributed by atoms with E-state index in [0.717, 1.165) is 51.0 Å². The Morgan fingerprint density at radius 3 is 2.72 bits per heavy atom. The van der Waals surface area contributed by atoms with Crippen LogP contribution in [0.2, 0.25) is 0 Å². The quantitative estimate of drug-likeness (QED) is 0.360. The average molecular weight is 528 g/mol. The van der Waals surface area contributed by atoms with E-state index in [9.17, 15) is 9.59 Å². The van der Waals surface area contributed by atoms with Crippen LogP contribution in [0.4, 0.5) is 5.69 Å². The Hall–Kier alpha value is -4.60. The van der Waals surface area contributed by atoms with Gasteiger partial charge in [0.05, 0.1) is 19.9 Å². The van der Waals surface area contributed by atoms with Crippen LogP contribution in [-0.4, -0.2) is 82.9 Å². The maximum absolute atomic E-state index is 13.0. The van der Waals surface area contributed by atoms with E-state index in [1.54, 1.807) is 43.2 Å². The number of ether oxygens (including phenoxy) is 1. The van der Waals surface area contributed by atoms with Crippen molar-refractivity contribution in [1.82, 2.24) is 29.8 Å². The Labute approximate surface area is 227 Å². The molecule has 0 unspecified atom stereocenters. The normalized spacial score (nSPS) is 13.3. The second kappa shape index (κ2) is 11.0. The number of hydrogen-bond donors (Lipinski definition) is 2. The number of aromatic amines is 1. The number of aryl methyl sites for hydroxylation is 1. The number of anilines is 1. The first kappa shape index (κ1) is 26.0. The molecule has 3 heterocycles. The van der Waals surface area contributed by atoms with Gasteiger partial charge in [-0.25, -0.2) is 0 Å². The van der Waals surface area contributed by atoms with Crippen LogP contribution >= 0.6 is 0 Å². The van der Waals surface area contributed by atoms with Crippen molar-refractivity contribution in [1.29, 1.82) is 0 Å². The van der Waals surface area contributed by atoms with Gasteiger partial charge in [-0.3, -0.25) is 14.3 Å². The monoisotopic (exact) mass is 527 g/mol. The highest BCUT2D eigenvalue weighted by molar-refractivity contribution is 6.05. The van der Waals surface area contributed by atoms with Gasteiger partial charge in [0, 0.05) is 75.1 Å². The molecular weight excluding hydrogens is 494 g/mol. The molecule has 0 saturated carbocycles. The molecule has 2 aromatic carbocycles. The number of methoxy groups -OCH3 is 1. The van der Waals surface area contributed by atoms with Gasteiger partial charge in [0.2, 0.25) is 5.91 Å². The van der Waals surface area contributed by atoms with Crippen molar-refractivity contribution >= 4 is 34.0 Å². The highest BCUT2D eigenvalue weighted by Gasteiger charge is 2.22. The van der Waals surface area contributed by atoms with Gasteiger partial charge < -0.3 is 24.8 Å². The van der Waals surface area contributed by atoms with Gasteiger partial charge in [0.15, 0.2) is 0 Å². The summed E-state index contributed by atoms with van der Waals surface area (Å²) in [6.45, 7) is 1.69. The molecule has 1 aliphatic rings. The summed E-state index contributed by atoms with van der Waals surface area (Å²) in [6.07, 6.45) is 6.70. The molecular formula is C29H33N7O3. The Bertz CT molecular complexity index is 1540. The Kier molecular flexibility index (Phi) is 7.36. The van der Waals surface area contributed by atoms with Crippen molar-refractivity contribution in [2.45, 2.75) is 19.4 Å². The molecule has 0 bridgehead atoms. The van der Waals surface area contributed by atoms with Crippen LogP contribution in [0.15, 0.2) is 54.9 Å². The van der Waals surface area contributed by atoms with E-state index >= 15 is 0 Å². The molecule has 0 saturated heterocycles. The van der Waals surface area contributed by atoms with Crippen LogP contribution in [0.3, 0.4) is 0 Å². The number of carbonyl (C=O) groups is 2. The number of aromatic nitrogens is 4. The van der Waals surface area contributed by atoms with Crippen molar-refractivity contribution in [2.24, 2.45) is 0 Å². The molecule has 0 atom stereocenters. The van der Waals surface area contributed by atoms with Gasteiger partial charge in [-0.2, -0.15) is 0 Å². The summed E-state index contributed by atoms with van der Waals surface area (Å²) in [5, 5.41) is 11.8. The van der Waals surface area contributed by atoms with E-state index in [4.69, 9.17) is 4.74 Å². The van der Waals surface area contributed by atoms with Gasteiger partial charge in [-0.05, 0) is 53.5 Å². The summed E-state index contributed by atoms with van der Waals surface area (Å²) >= 11 is 0. The molecule has 202 valence electrons. The molecule has 1 aliphatic heterocycles. The number of hydrogen-bond acceptors (Lipinski definition) is 6. The van der Waals surface area contributed by atoms with Crippen LogP contribution < -0.4 is 10.1 Å². The molecule has 2 N–H and O–H groups in total. The SMILES string of the molecule is CNc1ccc(-c2cc(C3=CCCN(C(=O)CCn4ccnn4)C3)cc3[nH]c(C(=O)N(C)C)cc23)c(OC)c1. The van der Waals surface area contributed by atoms with Gasteiger partial charge in [0.1, 0.15) is 11.4 Å². The summed E-state index contributed by atoms with van der Waals surface area (Å²) in [5.41, 5.74) is 6.24. The number of H-pyrrole nitrogens is 1. The highest BCUT2D eigenvalue weighted by Crippen LogP contribution is 2.39. The number of carbonyl (C=O) groups excluding carboxylic acids is 2. The topological polar surface area (TPSA) is 108 Å². The van der Waals surface area contributed by atoms with Crippen LogP contribution in [0.25, 0.3) is 27.6 Å². The Balaban J connectivity index is 1.53. The zero-order valence-electron chi connectivity index (χ0n) is 22.7. The smallest absolute Gasteiger partial charge is 0.269 e. The molecule has 39 heavy (non-hydrogen) atoms. The van der Waals surface area contributed by atoms with E-state index in [2.05, 4.69) is 38.8 Å². The van der Waals surface area contributed by atoms with Crippen LogP contribution in [-0.2, 0) is 11.3 Å².